The molecule has 9 heavy (non-hydrogen) atoms. The molecule has 3 nitrogen and oxygen atoms in total. The highest BCUT2D eigenvalue weighted by atomic mass is 16.4. The van der Waals surface area contributed by atoms with Crippen LogP contribution in [0, 0.1) is 25.2 Å². The van der Waals surface area contributed by atoms with Crippen molar-refractivity contribution in [1.29, 1.82) is 5.26 Å². The molecule has 0 bridgehead atoms. The van der Waals surface area contributed by atoms with Gasteiger partial charge >= 0.3 is 5.89 Å². The minimum absolute atomic E-state index is 0.144. The smallest absolute Gasteiger partial charge is 0.300 e. The van der Waals surface area contributed by atoms with Gasteiger partial charge in [0.2, 0.25) is 0 Å². The zero-order chi connectivity index (χ0) is 6.85. The molecule has 0 radical (unpaired) electrons. The van der Waals surface area contributed by atoms with E-state index in [-0.39, 0.29) is 5.89 Å². The standard InChI is InChI=1S/C6H6N2O/c1-4-5(2)9-6(3-7)8-4/h1-2H3. The third kappa shape index (κ3) is 0.918. The van der Waals surface area contributed by atoms with Crippen LogP contribution in [-0.2, 0) is 0 Å². The van der Waals surface area contributed by atoms with Crippen molar-refractivity contribution in [3.8, 4) is 6.07 Å². The van der Waals surface area contributed by atoms with Gasteiger partial charge in [0.1, 0.15) is 5.76 Å². The van der Waals surface area contributed by atoms with Crippen LogP contribution < -0.4 is 0 Å². The summed E-state index contributed by atoms with van der Waals surface area (Å²) in [6.07, 6.45) is 0. The van der Waals surface area contributed by atoms with Crippen LogP contribution in [0.15, 0.2) is 4.42 Å². The van der Waals surface area contributed by atoms with Crippen LogP contribution in [0.25, 0.3) is 0 Å². The molecule has 0 aliphatic heterocycles. The van der Waals surface area contributed by atoms with E-state index in [0.717, 1.165) is 5.69 Å². The maximum atomic E-state index is 8.27. The number of oxazole rings is 1. The number of aromatic nitrogens is 1. The Kier molecular flexibility index (Phi) is 1.23. The molecule has 0 N–H and O–H groups in total. The first kappa shape index (κ1) is 5.83. The summed E-state index contributed by atoms with van der Waals surface area (Å²) < 4.78 is 4.89. The highest BCUT2D eigenvalue weighted by Crippen LogP contribution is 2.05. The van der Waals surface area contributed by atoms with Crippen molar-refractivity contribution in [2.75, 3.05) is 0 Å². The summed E-state index contributed by atoms with van der Waals surface area (Å²) in [5, 5.41) is 8.27. The summed E-state index contributed by atoms with van der Waals surface area (Å²) in [6.45, 7) is 3.59. The summed E-state index contributed by atoms with van der Waals surface area (Å²) in [5.41, 5.74) is 0.784. The fourth-order valence-corrected chi connectivity index (χ4v) is 0.521. The van der Waals surface area contributed by atoms with E-state index in [1.54, 1.807) is 13.8 Å². The molecule has 1 aromatic heterocycles. The molecule has 0 spiro atoms. The van der Waals surface area contributed by atoms with Gasteiger partial charge < -0.3 is 4.42 Å². The van der Waals surface area contributed by atoms with Crippen molar-refractivity contribution < 1.29 is 4.42 Å². The zero-order valence-electron chi connectivity index (χ0n) is 5.30. The Labute approximate surface area is 52.9 Å². The molecule has 46 valence electrons. The summed E-state index contributed by atoms with van der Waals surface area (Å²) in [6, 6.07) is 1.81. The van der Waals surface area contributed by atoms with Gasteiger partial charge in [-0.1, -0.05) is 0 Å². The Morgan fingerprint density at radius 1 is 1.56 bits per heavy atom. The zero-order valence-corrected chi connectivity index (χ0v) is 5.30. The second-order valence-corrected chi connectivity index (χ2v) is 1.77. The average molecular weight is 122 g/mol. The van der Waals surface area contributed by atoms with Crippen LogP contribution in [0.5, 0.6) is 0 Å². The second-order valence-electron chi connectivity index (χ2n) is 1.77. The Balaban J connectivity index is 3.16. The quantitative estimate of drug-likeness (QED) is 0.518. The monoisotopic (exact) mass is 122 g/mol. The highest BCUT2D eigenvalue weighted by molar-refractivity contribution is 5.13. The Hall–Kier alpha value is -1.30. The maximum Gasteiger partial charge on any atom is 0.300 e. The molecule has 0 saturated heterocycles. The first-order valence-corrected chi connectivity index (χ1v) is 2.58. The van der Waals surface area contributed by atoms with E-state index < -0.39 is 0 Å². The van der Waals surface area contributed by atoms with E-state index in [4.69, 9.17) is 9.68 Å². The fraction of sp³-hybridized carbons (Fsp3) is 0.333. The second kappa shape index (κ2) is 1.90. The van der Waals surface area contributed by atoms with E-state index in [1.807, 2.05) is 6.07 Å². The van der Waals surface area contributed by atoms with Crippen LogP contribution >= 0.6 is 0 Å². The molecule has 0 aliphatic carbocycles. The van der Waals surface area contributed by atoms with Gasteiger partial charge in [0.15, 0.2) is 6.07 Å². The molecule has 0 amide bonds. The molecule has 0 unspecified atom stereocenters. The minimum Gasteiger partial charge on any atom is -0.434 e. The Morgan fingerprint density at radius 3 is 2.44 bits per heavy atom. The van der Waals surface area contributed by atoms with Gasteiger partial charge in [0.05, 0.1) is 5.69 Å². The number of hydrogen-bond acceptors (Lipinski definition) is 3. The van der Waals surface area contributed by atoms with Crippen molar-refractivity contribution in [1.82, 2.24) is 4.98 Å². The fourth-order valence-electron chi connectivity index (χ4n) is 0.521. The van der Waals surface area contributed by atoms with Crippen LogP contribution in [0.4, 0.5) is 0 Å². The van der Waals surface area contributed by atoms with Gasteiger partial charge in [-0.15, -0.1) is 0 Å². The van der Waals surface area contributed by atoms with Gasteiger partial charge in [0, 0.05) is 0 Å². The van der Waals surface area contributed by atoms with Crippen molar-refractivity contribution in [3.63, 3.8) is 0 Å². The van der Waals surface area contributed by atoms with Crippen molar-refractivity contribution in [3.05, 3.63) is 17.3 Å². The van der Waals surface area contributed by atoms with Gasteiger partial charge in [0.25, 0.3) is 0 Å². The largest absolute Gasteiger partial charge is 0.434 e. The SMILES string of the molecule is Cc1nc(C#N)oc1C. The van der Waals surface area contributed by atoms with Crippen molar-refractivity contribution >= 4 is 0 Å². The third-order valence-corrected chi connectivity index (χ3v) is 1.12. The molecule has 3 heteroatoms. The molecule has 0 aliphatic rings. The topological polar surface area (TPSA) is 49.8 Å². The van der Waals surface area contributed by atoms with Gasteiger partial charge in [-0.25, -0.2) is 4.98 Å². The predicted octanol–water partition coefficient (Wildman–Crippen LogP) is 1.16. The Morgan fingerprint density at radius 2 is 2.22 bits per heavy atom. The minimum atomic E-state index is 0.144. The number of aryl methyl sites for hydroxylation is 2. The average Bonchev–Trinajstić information content (AvgIpc) is 2.13. The van der Waals surface area contributed by atoms with E-state index in [0.29, 0.717) is 5.76 Å². The molecule has 0 atom stereocenters. The lowest BCUT2D eigenvalue weighted by atomic mass is 10.4. The Bertz CT molecular complexity index is 237. The summed E-state index contributed by atoms with van der Waals surface area (Å²) >= 11 is 0. The first-order valence-electron chi connectivity index (χ1n) is 2.58. The van der Waals surface area contributed by atoms with E-state index in [2.05, 4.69) is 4.98 Å². The van der Waals surface area contributed by atoms with Crippen LogP contribution in [0.3, 0.4) is 0 Å². The number of nitrogens with zero attached hydrogens (tertiary/aromatic N) is 2. The van der Waals surface area contributed by atoms with Gasteiger partial charge in [-0.3, -0.25) is 0 Å². The molecule has 1 aromatic rings. The highest BCUT2D eigenvalue weighted by Gasteiger charge is 2.01. The van der Waals surface area contributed by atoms with E-state index in [9.17, 15) is 0 Å². The normalized spacial score (nSPS) is 9.00. The lowest BCUT2D eigenvalue weighted by molar-refractivity contribution is 0.511. The predicted molar refractivity (Wildman–Crippen MR) is 30.7 cm³/mol. The maximum absolute atomic E-state index is 8.27. The molecule has 0 aromatic carbocycles. The van der Waals surface area contributed by atoms with Crippen LogP contribution in [0.2, 0.25) is 0 Å². The number of rotatable bonds is 0. The molecular weight excluding hydrogens is 116 g/mol. The first-order chi connectivity index (χ1) is 4.24. The third-order valence-electron chi connectivity index (χ3n) is 1.12. The van der Waals surface area contributed by atoms with E-state index in [1.165, 1.54) is 0 Å². The van der Waals surface area contributed by atoms with Crippen LogP contribution in [-0.4, -0.2) is 4.98 Å². The number of hydrogen-bond donors (Lipinski definition) is 0. The van der Waals surface area contributed by atoms with Gasteiger partial charge in [-0.2, -0.15) is 5.26 Å². The summed E-state index contributed by atoms with van der Waals surface area (Å²) in [7, 11) is 0. The lowest BCUT2D eigenvalue weighted by Gasteiger charge is -1.76. The van der Waals surface area contributed by atoms with Gasteiger partial charge in [-0.05, 0) is 13.8 Å². The molecular formula is C6H6N2O. The number of nitriles is 1. The summed E-state index contributed by atoms with van der Waals surface area (Å²) in [4.78, 5) is 3.80. The molecule has 0 fully saturated rings. The van der Waals surface area contributed by atoms with Crippen LogP contribution in [0.1, 0.15) is 17.3 Å². The molecule has 1 heterocycles. The lowest BCUT2D eigenvalue weighted by Crippen LogP contribution is -1.72. The van der Waals surface area contributed by atoms with Crippen molar-refractivity contribution in [2.45, 2.75) is 13.8 Å². The molecule has 1 rings (SSSR count). The van der Waals surface area contributed by atoms with Crippen molar-refractivity contribution in [2.24, 2.45) is 0 Å². The van der Waals surface area contributed by atoms with E-state index >= 15 is 0 Å². The molecule has 0 saturated carbocycles. The summed E-state index contributed by atoms with van der Waals surface area (Å²) in [5.74, 6) is 0.858.